The number of nitrogens with two attached hydrogens (primary N) is 1. The van der Waals surface area contributed by atoms with E-state index in [1.807, 2.05) is 30.3 Å². The molecule has 1 unspecified atom stereocenters. The number of unbranched alkanes of at least 4 members (excludes halogenated alkanes) is 1. The van der Waals surface area contributed by atoms with Gasteiger partial charge in [-0.25, -0.2) is 0 Å². The number of aromatic nitrogens is 1. The van der Waals surface area contributed by atoms with Crippen LogP contribution in [-0.4, -0.2) is 29.9 Å². The molecule has 1 atom stereocenters. The number of rotatable bonds is 7. The molecule has 1 aromatic carbocycles. The number of esters is 1. The summed E-state index contributed by atoms with van der Waals surface area (Å²) >= 11 is 0. The molecule has 0 aliphatic heterocycles. The highest BCUT2D eigenvalue weighted by Crippen LogP contribution is 2.24. The predicted molar refractivity (Wildman–Crippen MR) is 90.4 cm³/mol. The molecular formula is C18H22N2O3. The number of fused-ring (bicyclic) bond motifs is 1. The molecule has 5 heteroatoms. The van der Waals surface area contributed by atoms with Gasteiger partial charge >= 0.3 is 5.97 Å². The van der Waals surface area contributed by atoms with Crippen LogP contribution in [0.2, 0.25) is 0 Å². The van der Waals surface area contributed by atoms with Crippen LogP contribution in [0.3, 0.4) is 0 Å². The lowest BCUT2D eigenvalue weighted by molar-refractivity contribution is -0.142. The van der Waals surface area contributed by atoms with Gasteiger partial charge in [-0.3, -0.25) is 9.59 Å². The van der Waals surface area contributed by atoms with Crippen LogP contribution in [0.15, 0.2) is 36.4 Å². The summed E-state index contributed by atoms with van der Waals surface area (Å²) in [6.07, 6.45) is 5.51. The maximum Gasteiger partial charge on any atom is 0.322 e. The second-order valence-electron chi connectivity index (χ2n) is 5.41. The summed E-state index contributed by atoms with van der Waals surface area (Å²) < 4.78 is 4.68. The highest BCUT2D eigenvalue weighted by atomic mass is 16.5. The molecule has 122 valence electrons. The summed E-state index contributed by atoms with van der Waals surface area (Å²) in [6, 6.07) is 6.80. The minimum Gasteiger partial charge on any atom is -0.468 e. The third-order valence-corrected chi connectivity index (χ3v) is 3.71. The van der Waals surface area contributed by atoms with Crippen molar-refractivity contribution in [2.24, 2.45) is 5.73 Å². The Hall–Kier alpha value is -2.40. The third-order valence-electron chi connectivity index (χ3n) is 3.71. The van der Waals surface area contributed by atoms with E-state index in [0.717, 1.165) is 29.3 Å². The van der Waals surface area contributed by atoms with E-state index in [1.165, 1.54) is 7.11 Å². The summed E-state index contributed by atoms with van der Waals surface area (Å²) in [7, 11) is 1.30. The van der Waals surface area contributed by atoms with Crippen LogP contribution in [0.4, 0.5) is 0 Å². The van der Waals surface area contributed by atoms with Gasteiger partial charge in [0.05, 0.1) is 12.8 Å². The summed E-state index contributed by atoms with van der Waals surface area (Å²) in [6.45, 7) is 2.05. The van der Waals surface area contributed by atoms with Gasteiger partial charge in [0.1, 0.15) is 6.04 Å². The van der Waals surface area contributed by atoms with Crippen LogP contribution < -0.4 is 5.73 Å². The standard InChI is InChI=1S/C18H22N2O3/c1-3-4-5-10-16(21)17-13(11-14(19)18(22)23-2)12-8-6-7-9-15(12)20-17/h5-10,14,20H,3-4,11,19H2,1-2H3. The number of hydrogen-bond donors (Lipinski definition) is 2. The maximum atomic E-state index is 12.5. The van der Waals surface area contributed by atoms with Crippen molar-refractivity contribution in [2.45, 2.75) is 32.2 Å². The first-order valence-electron chi connectivity index (χ1n) is 7.72. The minimum atomic E-state index is -0.801. The number of H-pyrrole nitrogens is 1. The monoisotopic (exact) mass is 314 g/mol. The van der Waals surface area contributed by atoms with Crippen molar-refractivity contribution in [3.8, 4) is 0 Å². The van der Waals surface area contributed by atoms with E-state index in [-0.39, 0.29) is 12.2 Å². The van der Waals surface area contributed by atoms with Crippen LogP contribution in [0.25, 0.3) is 10.9 Å². The van der Waals surface area contributed by atoms with E-state index in [9.17, 15) is 9.59 Å². The molecule has 0 bridgehead atoms. The number of ether oxygens (including phenoxy) is 1. The number of benzene rings is 1. The molecular weight excluding hydrogens is 292 g/mol. The predicted octanol–water partition coefficient (Wildman–Crippen LogP) is 2.75. The quantitative estimate of drug-likeness (QED) is 0.467. The molecule has 5 nitrogen and oxygen atoms in total. The first-order chi connectivity index (χ1) is 11.1. The topological polar surface area (TPSA) is 85.2 Å². The fourth-order valence-electron chi connectivity index (χ4n) is 2.52. The minimum absolute atomic E-state index is 0.110. The second-order valence-corrected chi connectivity index (χ2v) is 5.41. The average molecular weight is 314 g/mol. The number of ketones is 1. The SMILES string of the molecule is CCCC=CC(=O)c1[nH]c2ccccc2c1CC(N)C(=O)OC. The number of aromatic amines is 1. The van der Waals surface area contributed by atoms with Crippen molar-refractivity contribution in [3.05, 3.63) is 47.7 Å². The van der Waals surface area contributed by atoms with Gasteiger partial charge in [0.25, 0.3) is 0 Å². The lowest BCUT2D eigenvalue weighted by atomic mass is 10.0. The van der Waals surface area contributed by atoms with Crippen molar-refractivity contribution >= 4 is 22.7 Å². The molecule has 0 amide bonds. The van der Waals surface area contributed by atoms with Gasteiger partial charge in [0.2, 0.25) is 5.78 Å². The van der Waals surface area contributed by atoms with E-state index in [1.54, 1.807) is 6.08 Å². The number of nitrogens with one attached hydrogen (secondary N) is 1. The van der Waals surface area contributed by atoms with Crippen LogP contribution in [0.1, 0.15) is 35.8 Å². The first-order valence-corrected chi connectivity index (χ1v) is 7.72. The molecule has 0 saturated carbocycles. The Labute approximate surface area is 135 Å². The molecule has 23 heavy (non-hydrogen) atoms. The summed E-state index contributed by atoms with van der Waals surface area (Å²) in [5.41, 5.74) is 7.97. The lowest BCUT2D eigenvalue weighted by Crippen LogP contribution is -2.34. The summed E-state index contributed by atoms with van der Waals surface area (Å²) in [5.74, 6) is -0.600. The Morgan fingerprint density at radius 2 is 2.09 bits per heavy atom. The molecule has 0 fully saturated rings. The number of allylic oxidation sites excluding steroid dienone is 2. The zero-order valence-electron chi connectivity index (χ0n) is 13.5. The van der Waals surface area contributed by atoms with Crippen LogP contribution >= 0.6 is 0 Å². The molecule has 1 aromatic heterocycles. The van der Waals surface area contributed by atoms with E-state index < -0.39 is 12.0 Å². The normalized spacial score (nSPS) is 12.7. The van der Waals surface area contributed by atoms with Gasteiger partial charge < -0.3 is 15.5 Å². The van der Waals surface area contributed by atoms with Crippen molar-refractivity contribution in [1.29, 1.82) is 0 Å². The molecule has 0 aliphatic rings. The Morgan fingerprint density at radius 1 is 1.35 bits per heavy atom. The fraction of sp³-hybridized carbons (Fsp3) is 0.333. The smallest absolute Gasteiger partial charge is 0.322 e. The van der Waals surface area contributed by atoms with Crippen molar-refractivity contribution in [1.82, 2.24) is 4.98 Å². The Bertz CT molecular complexity index is 731. The van der Waals surface area contributed by atoms with Crippen LogP contribution in [-0.2, 0) is 16.0 Å². The van der Waals surface area contributed by atoms with Gasteiger partial charge in [-0.2, -0.15) is 0 Å². The number of methoxy groups -OCH3 is 1. The molecule has 0 spiro atoms. The first kappa shape index (κ1) is 17.0. The van der Waals surface area contributed by atoms with Crippen LogP contribution in [0.5, 0.6) is 0 Å². The highest BCUT2D eigenvalue weighted by molar-refractivity contribution is 6.08. The van der Waals surface area contributed by atoms with Crippen molar-refractivity contribution in [3.63, 3.8) is 0 Å². The van der Waals surface area contributed by atoms with Gasteiger partial charge in [-0.15, -0.1) is 0 Å². The second kappa shape index (κ2) is 7.74. The number of carbonyl (C=O) groups excluding carboxylic acids is 2. The average Bonchev–Trinajstić information content (AvgIpc) is 2.93. The zero-order chi connectivity index (χ0) is 16.8. The molecule has 0 saturated heterocycles. The van der Waals surface area contributed by atoms with Crippen molar-refractivity contribution < 1.29 is 14.3 Å². The number of para-hydroxylation sites is 1. The van der Waals surface area contributed by atoms with Crippen LogP contribution in [0, 0.1) is 0 Å². The molecule has 2 rings (SSSR count). The zero-order valence-corrected chi connectivity index (χ0v) is 13.5. The highest BCUT2D eigenvalue weighted by Gasteiger charge is 2.22. The van der Waals surface area contributed by atoms with Gasteiger partial charge in [-0.1, -0.05) is 37.6 Å². The lowest BCUT2D eigenvalue weighted by Gasteiger charge is -2.09. The summed E-state index contributed by atoms with van der Waals surface area (Å²) in [4.78, 5) is 27.2. The summed E-state index contributed by atoms with van der Waals surface area (Å²) in [5, 5.41) is 0.902. The van der Waals surface area contributed by atoms with E-state index in [4.69, 9.17) is 5.73 Å². The fourth-order valence-corrected chi connectivity index (χ4v) is 2.52. The Balaban J connectivity index is 2.41. The number of hydrogen-bond acceptors (Lipinski definition) is 4. The molecule has 0 aliphatic carbocycles. The molecule has 3 N–H and O–H groups in total. The van der Waals surface area contributed by atoms with Crippen molar-refractivity contribution in [2.75, 3.05) is 7.11 Å². The van der Waals surface area contributed by atoms with Gasteiger partial charge in [-0.05, 0) is 24.1 Å². The van der Waals surface area contributed by atoms with Gasteiger partial charge in [0.15, 0.2) is 0 Å². The van der Waals surface area contributed by atoms with E-state index >= 15 is 0 Å². The largest absolute Gasteiger partial charge is 0.468 e. The van der Waals surface area contributed by atoms with E-state index in [0.29, 0.717) is 5.69 Å². The van der Waals surface area contributed by atoms with Gasteiger partial charge in [0, 0.05) is 17.3 Å². The Kier molecular flexibility index (Phi) is 5.71. The molecule has 0 radical (unpaired) electrons. The Morgan fingerprint density at radius 3 is 2.78 bits per heavy atom. The maximum absolute atomic E-state index is 12.5. The third kappa shape index (κ3) is 3.87. The molecule has 1 heterocycles. The van der Waals surface area contributed by atoms with E-state index in [2.05, 4.69) is 16.6 Å². The number of carbonyl (C=O) groups is 2. The molecule has 2 aromatic rings.